The van der Waals surface area contributed by atoms with E-state index in [9.17, 15) is 19.8 Å². The van der Waals surface area contributed by atoms with Crippen LogP contribution in [0.15, 0.2) is 30.6 Å². The number of ether oxygens (including phenoxy) is 2. The Kier molecular flexibility index (Phi) is 9.38. The number of nitrogen functional groups attached to an aromatic ring is 1. The monoisotopic (exact) mass is 597 g/mol. The molecular formula is C28H32ClN7O6. The highest BCUT2D eigenvalue weighted by Crippen LogP contribution is 2.26. The predicted octanol–water partition coefficient (Wildman–Crippen LogP) is 1.69. The molecule has 2 aliphatic rings. The number of hydrogen-bond donors (Lipinski definition) is 4. The molecule has 13 nitrogen and oxygen atoms in total. The number of aromatic nitrogens is 4. The summed E-state index contributed by atoms with van der Waals surface area (Å²) in [7, 11) is 0. The molecule has 5 rings (SSSR count). The van der Waals surface area contributed by atoms with E-state index in [1.807, 2.05) is 0 Å². The van der Waals surface area contributed by atoms with Crippen molar-refractivity contribution in [2.75, 3.05) is 25.4 Å². The molecule has 1 aliphatic heterocycles. The van der Waals surface area contributed by atoms with Gasteiger partial charge in [-0.05, 0) is 49.7 Å². The minimum atomic E-state index is -1.39. The van der Waals surface area contributed by atoms with Crippen LogP contribution >= 0.6 is 11.6 Å². The number of rotatable bonds is 9. The summed E-state index contributed by atoms with van der Waals surface area (Å²) in [5.41, 5.74) is 6.81. The van der Waals surface area contributed by atoms with Gasteiger partial charge < -0.3 is 35.6 Å². The Morgan fingerprint density at radius 2 is 1.95 bits per heavy atom. The highest BCUT2D eigenvalue weighted by molar-refractivity contribution is 6.32. The van der Waals surface area contributed by atoms with Crippen LogP contribution in [0.1, 0.15) is 37.9 Å². The van der Waals surface area contributed by atoms with Gasteiger partial charge in [0.25, 0.3) is 5.91 Å². The topological polar surface area (TPSA) is 178 Å². The lowest BCUT2D eigenvalue weighted by Gasteiger charge is -2.30. The first-order valence-electron chi connectivity index (χ1n) is 13.7. The Hall–Kier alpha value is -3.96. The smallest absolute Gasteiger partial charge is 0.409 e. The molecule has 3 aromatic rings. The minimum Gasteiger partial charge on any atom is -0.409 e. The number of anilines is 1. The van der Waals surface area contributed by atoms with E-state index in [2.05, 4.69) is 32.1 Å². The second-order valence-corrected chi connectivity index (χ2v) is 10.7. The van der Waals surface area contributed by atoms with Gasteiger partial charge in [0.2, 0.25) is 5.82 Å². The number of amides is 2. The molecule has 0 bridgehead atoms. The molecule has 2 atom stereocenters. The number of aliphatic hydroxyl groups is 2. The maximum Gasteiger partial charge on any atom is 0.415 e. The maximum absolute atomic E-state index is 12.5. The van der Waals surface area contributed by atoms with E-state index in [-0.39, 0.29) is 24.4 Å². The first kappa shape index (κ1) is 29.5. The van der Waals surface area contributed by atoms with Crippen LogP contribution in [0.3, 0.4) is 0 Å². The van der Waals surface area contributed by atoms with Crippen LogP contribution in [0.4, 0.5) is 10.6 Å². The number of hydrogen-bond acceptors (Lipinski definition) is 10. The zero-order chi connectivity index (χ0) is 29.6. The standard InChI is InChI=1S/C28H32ClN7O6/c29-19-5-1-2-6-21(19)42-28(40)35-12-10-17(11-13-35)4-3-7-22-33-25(30)23-26(34-22)36(15-31-23)16-41-24(20(38)14-37)27(39)32-18-8-9-18/h1-2,5-6,15,17-18,20,24,37-38H,4,8-14,16H2,(H,32,39)(H2,30,33,34)/t20-,24+/m1/s1. The van der Waals surface area contributed by atoms with Crippen LogP contribution in [0, 0.1) is 17.8 Å². The summed E-state index contributed by atoms with van der Waals surface area (Å²) in [5.74, 6) is 6.57. The molecule has 1 saturated carbocycles. The summed E-state index contributed by atoms with van der Waals surface area (Å²) in [6.07, 6.45) is 2.24. The molecule has 222 valence electrons. The Labute approximate surface area is 247 Å². The Morgan fingerprint density at radius 1 is 1.19 bits per heavy atom. The van der Waals surface area contributed by atoms with Crippen LogP contribution in [0.2, 0.25) is 5.02 Å². The van der Waals surface area contributed by atoms with Gasteiger partial charge in [-0.15, -0.1) is 0 Å². The largest absolute Gasteiger partial charge is 0.415 e. The second kappa shape index (κ2) is 13.3. The number of carbonyl (C=O) groups excluding carboxylic acids is 2. The quantitative estimate of drug-likeness (QED) is 0.265. The fourth-order valence-electron chi connectivity index (χ4n) is 4.53. The van der Waals surface area contributed by atoms with Gasteiger partial charge in [0.1, 0.15) is 18.4 Å². The van der Waals surface area contributed by atoms with E-state index >= 15 is 0 Å². The van der Waals surface area contributed by atoms with E-state index in [0.717, 1.165) is 25.7 Å². The van der Waals surface area contributed by atoms with Crippen molar-refractivity contribution < 1.29 is 29.3 Å². The highest BCUT2D eigenvalue weighted by atomic mass is 35.5. The summed E-state index contributed by atoms with van der Waals surface area (Å²) in [6.45, 7) is 0.300. The highest BCUT2D eigenvalue weighted by Gasteiger charge is 2.32. The van der Waals surface area contributed by atoms with Crippen LogP contribution in [-0.4, -0.2) is 84.6 Å². The van der Waals surface area contributed by atoms with Gasteiger partial charge in [-0.2, -0.15) is 0 Å². The van der Waals surface area contributed by atoms with Gasteiger partial charge in [0.05, 0.1) is 18.0 Å². The van der Waals surface area contributed by atoms with Crippen molar-refractivity contribution in [3.63, 3.8) is 0 Å². The minimum absolute atomic E-state index is 0.0700. The lowest BCUT2D eigenvalue weighted by atomic mass is 9.94. The molecule has 3 heterocycles. The third-order valence-electron chi connectivity index (χ3n) is 7.10. The van der Waals surface area contributed by atoms with Gasteiger partial charge >= 0.3 is 6.09 Å². The van der Waals surface area contributed by atoms with Crippen LogP contribution in [-0.2, 0) is 16.3 Å². The van der Waals surface area contributed by atoms with Crippen molar-refractivity contribution >= 4 is 40.6 Å². The number of nitrogens with two attached hydrogens (primary N) is 1. The SMILES string of the molecule is Nc1nc(C#CCC2CCN(C(=O)Oc3ccccc3Cl)CC2)nc2c1ncn2CO[C@H](C(=O)NC1CC1)[C@H](O)CO. The summed E-state index contributed by atoms with van der Waals surface area (Å²) >= 11 is 6.08. The van der Waals surface area contributed by atoms with Gasteiger partial charge in [-0.1, -0.05) is 29.7 Å². The fraction of sp³-hybridized carbons (Fsp3) is 0.464. The fourth-order valence-corrected chi connectivity index (χ4v) is 4.70. The molecule has 0 unspecified atom stereocenters. The molecule has 1 aliphatic carbocycles. The number of benzene rings is 1. The maximum atomic E-state index is 12.5. The molecule has 0 spiro atoms. The number of likely N-dealkylation sites (tertiary alicyclic amines) is 1. The molecule has 2 aromatic heterocycles. The summed E-state index contributed by atoms with van der Waals surface area (Å²) in [5, 5.41) is 22.6. The van der Waals surface area contributed by atoms with Crippen LogP contribution in [0.25, 0.3) is 11.2 Å². The number of piperidine rings is 1. The number of carbonyl (C=O) groups is 2. The molecule has 42 heavy (non-hydrogen) atoms. The number of para-hydroxylation sites is 1. The zero-order valence-electron chi connectivity index (χ0n) is 22.8. The number of aliphatic hydroxyl groups excluding tert-OH is 2. The summed E-state index contributed by atoms with van der Waals surface area (Å²) in [4.78, 5) is 39.6. The lowest BCUT2D eigenvalue weighted by molar-refractivity contribution is -0.147. The number of nitrogens with one attached hydrogen (secondary N) is 1. The Morgan fingerprint density at radius 3 is 2.67 bits per heavy atom. The van der Waals surface area contributed by atoms with Crippen molar-refractivity contribution in [2.24, 2.45) is 5.92 Å². The van der Waals surface area contributed by atoms with Gasteiger partial charge in [0.15, 0.2) is 23.3 Å². The number of imidazole rings is 1. The number of fused-ring (bicyclic) bond motifs is 1. The normalized spacial score (nSPS) is 16.9. The number of nitrogens with zero attached hydrogens (tertiary/aromatic N) is 5. The summed E-state index contributed by atoms with van der Waals surface area (Å²) in [6, 6.07) is 6.92. The van der Waals surface area contributed by atoms with Crippen molar-refractivity contribution in [2.45, 2.75) is 57.1 Å². The van der Waals surface area contributed by atoms with Crippen molar-refractivity contribution in [3.8, 4) is 17.6 Å². The molecule has 0 radical (unpaired) electrons. The molecular weight excluding hydrogens is 566 g/mol. The predicted molar refractivity (Wildman–Crippen MR) is 152 cm³/mol. The first-order valence-corrected chi connectivity index (χ1v) is 14.1. The molecule has 1 saturated heterocycles. The molecule has 2 fully saturated rings. The molecule has 14 heteroatoms. The van der Waals surface area contributed by atoms with Gasteiger partial charge in [-0.25, -0.2) is 19.7 Å². The molecule has 2 amide bonds. The van der Waals surface area contributed by atoms with Crippen molar-refractivity contribution in [1.82, 2.24) is 29.7 Å². The zero-order valence-corrected chi connectivity index (χ0v) is 23.5. The third-order valence-corrected chi connectivity index (χ3v) is 7.41. The molecule has 1 aromatic carbocycles. The first-order chi connectivity index (χ1) is 20.3. The van der Waals surface area contributed by atoms with Gasteiger partial charge in [0, 0.05) is 25.6 Å². The average molecular weight is 598 g/mol. The van der Waals surface area contributed by atoms with E-state index in [1.165, 1.54) is 10.9 Å². The van der Waals surface area contributed by atoms with E-state index < -0.39 is 30.8 Å². The lowest BCUT2D eigenvalue weighted by Crippen LogP contribution is -2.46. The van der Waals surface area contributed by atoms with Gasteiger partial charge in [-0.3, -0.25) is 9.36 Å². The Balaban J connectivity index is 1.17. The Bertz CT molecular complexity index is 1490. The van der Waals surface area contributed by atoms with Crippen molar-refractivity contribution in [3.05, 3.63) is 41.4 Å². The van der Waals surface area contributed by atoms with Crippen LogP contribution in [0.5, 0.6) is 5.75 Å². The van der Waals surface area contributed by atoms with E-state index in [1.54, 1.807) is 29.2 Å². The third kappa shape index (κ3) is 7.27. The van der Waals surface area contributed by atoms with Crippen molar-refractivity contribution in [1.29, 1.82) is 0 Å². The summed E-state index contributed by atoms with van der Waals surface area (Å²) < 4.78 is 12.6. The molecule has 5 N–H and O–H groups in total. The second-order valence-electron chi connectivity index (χ2n) is 10.3. The number of halogens is 1. The van der Waals surface area contributed by atoms with E-state index in [0.29, 0.717) is 47.4 Å². The van der Waals surface area contributed by atoms with E-state index in [4.69, 9.17) is 26.8 Å². The average Bonchev–Trinajstić information content (AvgIpc) is 3.71. The van der Waals surface area contributed by atoms with Crippen LogP contribution < -0.4 is 15.8 Å².